The minimum atomic E-state index is 0.154. The second-order valence-electron chi connectivity index (χ2n) is 3.03. The van der Waals surface area contributed by atoms with Crippen molar-refractivity contribution in [3.05, 3.63) is 17.5 Å². The second kappa shape index (κ2) is 3.25. The van der Waals surface area contributed by atoms with Crippen LogP contribution in [-0.4, -0.2) is 29.9 Å². The molecule has 0 aromatic carbocycles. The first-order chi connectivity index (χ1) is 5.88. The Morgan fingerprint density at radius 1 is 1.67 bits per heavy atom. The summed E-state index contributed by atoms with van der Waals surface area (Å²) >= 11 is 0. The third-order valence-corrected chi connectivity index (χ3v) is 2.12. The smallest absolute Gasteiger partial charge is 0.112 e. The molecule has 1 aromatic rings. The number of ether oxygens (including phenoxy) is 1. The summed E-state index contributed by atoms with van der Waals surface area (Å²) in [6.07, 6.45) is 1.98. The molecule has 2 N–H and O–H groups in total. The molecule has 0 amide bonds. The number of nitrogens with zero attached hydrogens (tertiary/aromatic N) is 1. The maximum Gasteiger partial charge on any atom is 0.112 e. The molecule has 1 atom stereocenters. The Kier molecular flexibility index (Phi) is 2.10. The van der Waals surface area contributed by atoms with E-state index in [1.807, 2.05) is 13.1 Å². The van der Waals surface area contributed by atoms with Crippen LogP contribution in [0, 0.1) is 6.92 Å². The zero-order valence-electron chi connectivity index (χ0n) is 7.13. The molecule has 0 bridgehead atoms. The molecular formula is C8H13N3O. The van der Waals surface area contributed by atoms with Gasteiger partial charge in [0.1, 0.15) is 6.10 Å². The molecular weight excluding hydrogens is 154 g/mol. The van der Waals surface area contributed by atoms with Gasteiger partial charge in [0.25, 0.3) is 0 Å². The van der Waals surface area contributed by atoms with Crippen LogP contribution in [0.4, 0.5) is 0 Å². The van der Waals surface area contributed by atoms with Gasteiger partial charge in [0, 0.05) is 13.1 Å². The summed E-state index contributed by atoms with van der Waals surface area (Å²) in [5, 5.41) is 10.2. The van der Waals surface area contributed by atoms with Gasteiger partial charge in [-0.2, -0.15) is 5.10 Å². The number of aryl methyl sites for hydroxylation is 1. The van der Waals surface area contributed by atoms with Crippen molar-refractivity contribution in [1.29, 1.82) is 0 Å². The predicted octanol–water partition coefficient (Wildman–Crippen LogP) is 0.379. The molecule has 1 aromatic heterocycles. The van der Waals surface area contributed by atoms with Gasteiger partial charge < -0.3 is 10.1 Å². The Balaban J connectivity index is 2.13. The minimum Gasteiger partial charge on any atom is -0.369 e. The molecule has 1 saturated heterocycles. The summed E-state index contributed by atoms with van der Waals surface area (Å²) in [5.41, 5.74) is 2.27. The normalized spacial score (nSPS) is 24.2. The van der Waals surface area contributed by atoms with Crippen molar-refractivity contribution in [2.45, 2.75) is 13.0 Å². The highest BCUT2D eigenvalue weighted by atomic mass is 16.5. The van der Waals surface area contributed by atoms with Gasteiger partial charge in [0.2, 0.25) is 0 Å². The van der Waals surface area contributed by atoms with Crippen molar-refractivity contribution in [2.24, 2.45) is 0 Å². The van der Waals surface area contributed by atoms with E-state index in [2.05, 4.69) is 15.5 Å². The monoisotopic (exact) mass is 167 g/mol. The van der Waals surface area contributed by atoms with Gasteiger partial charge in [-0.15, -0.1) is 0 Å². The van der Waals surface area contributed by atoms with Gasteiger partial charge in [-0.1, -0.05) is 0 Å². The molecule has 1 fully saturated rings. The molecule has 66 valence electrons. The topological polar surface area (TPSA) is 49.9 Å². The summed E-state index contributed by atoms with van der Waals surface area (Å²) < 4.78 is 5.57. The van der Waals surface area contributed by atoms with Gasteiger partial charge in [0.05, 0.1) is 18.5 Å². The molecule has 0 saturated carbocycles. The first kappa shape index (κ1) is 7.76. The maximum absolute atomic E-state index is 5.57. The van der Waals surface area contributed by atoms with E-state index in [-0.39, 0.29) is 6.10 Å². The van der Waals surface area contributed by atoms with E-state index in [9.17, 15) is 0 Å². The molecule has 0 spiro atoms. The van der Waals surface area contributed by atoms with Crippen molar-refractivity contribution < 1.29 is 4.74 Å². The fraction of sp³-hybridized carbons (Fsp3) is 0.625. The largest absolute Gasteiger partial charge is 0.369 e. The Morgan fingerprint density at radius 2 is 2.58 bits per heavy atom. The van der Waals surface area contributed by atoms with Crippen LogP contribution in [0.5, 0.6) is 0 Å². The Bertz CT molecular complexity index is 253. The molecule has 1 aliphatic rings. The Labute approximate surface area is 71.3 Å². The fourth-order valence-corrected chi connectivity index (χ4v) is 1.43. The SMILES string of the molecule is Cc1cn[nH]c1C1CNCCO1. The quantitative estimate of drug-likeness (QED) is 0.635. The Morgan fingerprint density at radius 3 is 3.17 bits per heavy atom. The van der Waals surface area contributed by atoms with Crippen molar-refractivity contribution in [2.75, 3.05) is 19.7 Å². The van der Waals surface area contributed by atoms with E-state index in [4.69, 9.17) is 4.74 Å². The van der Waals surface area contributed by atoms with Gasteiger partial charge >= 0.3 is 0 Å². The molecule has 2 heterocycles. The zero-order chi connectivity index (χ0) is 8.39. The number of aromatic nitrogens is 2. The van der Waals surface area contributed by atoms with E-state index in [0.717, 1.165) is 25.4 Å². The molecule has 0 radical (unpaired) electrons. The van der Waals surface area contributed by atoms with E-state index in [0.29, 0.717) is 0 Å². The lowest BCUT2D eigenvalue weighted by molar-refractivity contribution is 0.0246. The summed E-state index contributed by atoms with van der Waals surface area (Å²) in [4.78, 5) is 0. The molecule has 0 aliphatic carbocycles. The number of H-pyrrole nitrogens is 1. The molecule has 4 nitrogen and oxygen atoms in total. The summed E-state index contributed by atoms with van der Waals surface area (Å²) in [7, 11) is 0. The standard InChI is InChI=1S/C8H13N3O/c1-6-4-10-11-8(6)7-5-9-2-3-12-7/h4,7,9H,2-3,5H2,1H3,(H,10,11). The average Bonchev–Trinajstić information content (AvgIpc) is 2.53. The number of hydrogen-bond acceptors (Lipinski definition) is 3. The summed E-state index contributed by atoms with van der Waals surface area (Å²) in [5.74, 6) is 0. The van der Waals surface area contributed by atoms with Crippen LogP contribution < -0.4 is 5.32 Å². The number of rotatable bonds is 1. The molecule has 12 heavy (non-hydrogen) atoms. The van der Waals surface area contributed by atoms with Crippen LogP contribution in [0.2, 0.25) is 0 Å². The van der Waals surface area contributed by atoms with Crippen LogP contribution >= 0.6 is 0 Å². The lowest BCUT2D eigenvalue weighted by Gasteiger charge is -2.22. The lowest BCUT2D eigenvalue weighted by Crippen LogP contribution is -2.33. The van der Waals surface area contributed by atoms with Crippen molar-refractivity contribution in [1.82, 2.24) is 15.5 Å². The van der Waals surface area contributed by atoms with E-state index < -0.39 is 0 Å². The van der Waals surface area contributed by atoms with E-state index in [1.54, 1.807) is 0 Å². The van der Waals surface area contributed by atoms with Crippen molar-refractivity contribution in [3.8, 4) is 0 Å². The highest BCUT2D eigenvalue weighted by Gasteiger charge is 2.18. The van der Waals surface area contributed by atoms with Crippen molar-refractivity contribution in [3.63, 3.8) is 0 Å². The number of nitrogens with one attached hydrogen (secondary N) is 2. The second-order valence-corrected chi connectivity index (χ2v) is 3.03. The minimum absolute atomic E-state index is 0.154. The highest BCUT2D eigenvalue weighted by molar-refractivity contribution is 5.17. The van der Waals surface area contributed by atoms with Crippen LogP contribution in [0.1, 0.15) is 17.4 Å². The molecule has 2 rings (SSSR count). The fourth-order valence-electron chi connectivity index (χ4n) is 1.43. The van der Waals surface area contributed by atoms with Crippen LogP contribution in [0.3, 0.4) is 0 Å². The molecule has 4 heteroatoms. The summed E-state index contributed by atoms with van der Waals surface area (Å²) in [6, 6.07) is 0. The Hall–Kier alpha value is -0.870. The van der Waals surface area contributed by atoms with E-state index >= 15 is 0 Å². The van der Waals surface area contributed by atoms with E-state index in [1.165, 1.54) is 5.56 Å². The van der Waals surface area contributed by atoms with Gasteiger partial charge in [0.15, 0.2) is 0 Å². The zero-order valence-corrected chi connectivity index (χ0v) is 7.13. The highest BCUT2D eigenvalue weighted by Crippen LogP contribution is 2.18. The van der Waals surface area contributed by atoms with Crippen molar-refractivity contribution >= 4 is 0 Å². The summed E-state index contributed by atoms with van der Waals surface area (Å²) in [6.45, 7) is 4.65. The number of aromatic amines is 1. The number of hydrogen-bond donors (Lipinski definition) is 2. The first-order valence-corrected chi connectivity index (χ1v) is 4.20. The predicted molar refractivity (Wildman–Crippen MR) is 44.9 cm³/mol. The van der Waals surface area contributed by atoms with Crippen LogP contribution in [0.15, 0.2) is 6.20 Å². The van der Waals surface area contributed by atoms with Gasteiger partial charge in [-0.05, 0) is 12.5 Å². The van der Waals surface area contributed by atoms with Crippen LogP contribution in [0.25, 0.3) is 0 Å². The first-order valence-electron chi connectivity index (χ1n) is 4.20. The maximum atomic E-state index is 5.57. The number of morpholine rings is 1. The molecule has 1 unspecified atom stereocenters. The average molecular weight is 167 g/mol. The third-order valence-electron chi connectivity index (χ3n) is 2.12. The lowest BCUT2D eigenvalue weighted by atomic mass is 10.1. The molecule has 1 aliphatic heterocycles. The van der Waals surface area contributed by atoms with Gasteiger partial charge in [-0.3, -0.25) is 5.10 Å². The third kappa shape index (κ3) is 1.35. The van der Waals surface area contributed by atoms with Gasteiger partial charge in [-0.25, -0.2) is 0 Å². The van der Waals surface area contributed by atoms with Crippen LogP contribution in [-0.2, 0) is 4.74 Å².